The molecule has 1 atom stereocenters. The summed E-state index contributed by atoms with van der Waals surface area (Å²) >= 11 is 0. The van der Waals surface area contributed by atoms with E-state index in [2.05, 4.69) is 5.32 Å². The topological polar surface area (TPSA) is 64.6 Å². The minimum absolute atomic E-state index is 0.0392. The Bertz CT molecular complexity index is 391. The number of carbonyl (C=O) groups is 2. The second-order valence-corrected chi connectivity index (χ2v) is 3.55. The Kier molecular flexibility index (Phi) is 5.87. The number of methoxy groups -OCH3 is 1. The molecule has 0 amide bonds. The van der Waals surface area contributed by atoms with Crippen molar-refractivity contribution in [2.24, 2.45) is 0 Å². The lowest BCUT2D eigenvalue weighted by Crippen LogP contribution is -2.34. The first-order valence-electron chi connectivity index (χ1n) is 5.70. The van der Waals surface area contributed by atoms with Crippen molar-refractivity contribution >= 4 is 11.9 Å². The summed E-state index contributed by atoms with van der Waals surface area (Å²) in [5.74, 6) is -0.840. The first kappa shape index (κ1) is 14.2. The van der Waals surface area contributed by atoms with Crippen LogP contribution in [0.5, 0.6) is 0 Å². The minimum atomic E-state index is -0.666. The van der Waals surface area contributed by atoms with Crippen LogP contribution in [0.3, 0.4) is 0 Å². The number of rotatable bonds is 6. The van der Waals surface area contributed by atoms with Crippen molar-refractivity contribution in [1.29, 1.82) is 0 Å². The maximum absolute atomic E-state index is 11.6. The number of esters is 2. The van der Waals surface area contributed by atoms with Crippen LogP contribution in [0.2, 0.25) is 0 Å². The second kappa shape index (κ2) is 7.45. The predicted octanol–water partition coefficient (Wildman–Crippen LogP) is 1.05. The number of ether oxygens (including phenoxy) is 2. The van der Waals surface area contributed by atoms with Gasteiger partial charge in [-0.1, -0.05) is 30.3 Å². The quantitative estimate of drug-likeness (QED) is 0.766. The third-order valence-corrected chi connectivity index (χ3v) is 2.33. The Morgan fingerprint density at radius 2 is 1.94 bits per heavy atom. The minimum Gasteiger partial charge on any atom is -0.468 e. The highest BCUT2D eigenvalue weighted by molar-refractivity contribution is 5.79. The first-order chi connectivity index (χ1) is 8.69. The van der Waals surface area contributed by atoms with Crippen LogP contribution in [0.4, 0.5) is 0 Å². The van der Waals surface area contributed by atoms with Crippen molar-refractivity contribution in [3.8, 4) is 0 Å². The van der Waals surface area contributed by atoms with Crippen molar-refractivity contribution in [3.63, 3.8) is 0 Å². The number of carbonyl (C=O) groups excluding carboxylic acids is 2. The molecule has 0 saturated heterocycles. The first-order valence-corrected chi connectivity index (χ1v) is 5.70. The van der Waals surface area contributed by atoms with Gasteiger partial charge >= 0.3 is 11.9 Å². The van der Waals surface area contributed by atoms with Crippen LogP contribution in [0.25, 0.3) is 0 Å². The van der Waals surface area contributed by atoms with Gasteiger partial charge in [-0.2, -0.15) is 0 Å². The Morgan fingerprint density at radius 3 is 2.50 bits per heavy atom. The maximum atomic E-state index is 11.6. The monoisotopic (exact) mass is 251 g/mol. The Labute approximate surface area is 106 Å². The number of nitrogens with one attached hydrogen (secondary N) is 1. The maximum Gasteiger partial charge on any atom is 0.327 e. The Hall–Kier alpha value is -1.88. The van der Waals surface area contributed by atoms with E-state index in [1.807, 2.05) is 18.2 Å². The van der Waals surface area contributed by atoms with Crippen LogP contribution >= 0.6 is 0 Å². The highest BCUT2D eigenvalue weighted by atomic mass is 16.5. The molecule has 1 aromatic carbocycles. The zero-order valence-corrected chi connectivity index (χ0v) is 10.5. The molecule has 5 heteroatoms. The molecule has 18 heavy (non-hydrogen) atoms. The lowest BCUT2D eigenvalue weighted by molar-refractivity contribution is -0.145. The third kappa shape index (κ3) is 4.18. The lowest BCUT2D eigenvalue weighted by Gasteiger charge is -2.16. The number of benzene rings is 1. The van der Waals surface area contributed by atoms with Crippen LogP contribution in [-0.4, -0.2) is 32.2 Å². The molecule has 0 saturated carbocycles. The van der Waals surface area contributed by atoms with Gasteiger partial charge in [0.15, 0.2) is 0 Å². The summed E-state index contributed by atoms with van der Waals surface area (Å²) in [6, 6.07) is 8.40. The second-order valence-electron chi connectivity index (χ2n) is 3.55. The molecular weight excluding hydrogens is 234 g/mol. The molecular formula is C13H17NO4. The van der Waals surface area contributed by atoms with Gasteiger partial charge in [0.2, 0.25) is 0 Å². The van der Waals surface area contributed by atoms with E-state index in [9.17, 15) is 9.59 Å². The number of hydrogen-bond donors (Lipinski definition) is 1. The molecule has 0 aromatic heterocycles. The van der Waals surface area contributed by atoms with Gasteiger partial charge in [0.25, 0.3) is 0 Å². The summed E-state index contributed by atoms with van der Waals surface area (Å²) in [5.41, 5.74) is 0.744. The molecule has 0 aliphatic heterocycles. The summed E-state index contributed by atoms with van der Waals surface area (Å²) in [7, 11) is 1.31. The summed E-state index contributed by atoms with van der Waals surface area (Å²) in [6.07, 6.45) is 0. The Balaban J connectivity index is 2.69. The van der Waals surface area contributed by atoms with E-state index in [1.54, 1.807) is 19.1 Å². The molecule has 1 aromatic rings. The van der Waals surface area contributed by atoms with Crippen molar-refractivity contribution < 1.29 is 19.1 Å². The van der Waals surface area contributed by atoms with Crippen LogP contribution in [-0.2, 0) is 19.1 Å². The van der Waals surface area contributed by atoms with E-state index >= 15 is 0 Å². The van der Waals surface area contributed by atoms with Gasteiger partial charge in [-0.15, -0.1) is 0 Å². The van der Waals surface area contributed by atoms with Crippen molar-refractivity contribution in [1.82, 2.24) is 5.32 Å². The molecule has 98 valence electrons. The summed E-state index contributed by atoms with van der Waals surface area (Å²) in [6.45, 7) is 2.00. The standard InChI is InChI=1S/C13H17NO4/c1-3-18-11(15)9-14-12(13(16)17-2)10-7-5-4-6-8-10/h4-8,12,14H,3,9H2,1-2H3. The van der Waals surface area contributed by atoms with Crippen LogP contribution in [0, 0.1) is 0 Å². The largest absolute Gasteiger partial charge is 0.468 e. The van der Waals surface area contributed by atoms with E-state index in [0.717, 1.165) is 5.56 Å². The highest BCUT2D eigenvalue weighted by Gasteiger charge is 2.21. The van der Waals surface area contributed by atoms with Gasteiger partial charge in [-0.25, -0.2) is 4.79 Å². The molecule has 0 spiro atoms. The smallest absolute Gasteiger partial charge is 0.327 e. The van der Waals surface area contributed by atoms with Crippen molar-refractivity contribution in [2.75, 3.05) is 20.3 Å². The molecule has 0 fully saturated rings. The van der Waals surface area contributed by atoms with Crippen LogP contribution < -0.4 is 5.32 Å². The van der Waals surface area contributed by atoms with E-state index in [1.165, 1.54) is 7.11 Å². The van der Waals surface area contributed by atoms with Gasteiger partial charge in [-0.05, 0) is 12.5 Å². The molecule has 0 heterocycles. The summed E-state index contributed by atoms with van der Waals surface area (Å²) in [4.78, 5) is 22.9. The van der Waals surface area contributed by atoms with E-state index in [4.69, 9.17) is 9.47 Å². The molecule has 0 aliphatic rings. The highest BCUT2D eigenvalue weighted by Crippen LogP contribution is 2.13. The zero-order valence-electron chi connectivity index (χ0n) is 10.5. The van der Waals surface area contributed by atoms with Crippen LogP contribution in [0.15, 0.2) is 30.3 Å². The SMILES string of the molecule is CCOC(=O)CNC(C(=O)OC)c1ccccc1. The fourth-order valence-corrected chi connectivity index (χ4v) is 1.50. The molecule has 0 radical (unpaired) electrons. The van der Waals surface area contributed by atoms with E-state index in [0.29, 0.717) is 6.61 Å². The van der Waals surface area contributed by atoms with Crippen LogP contribution in [0.1, 0.15) is 18.5 Å². The lowest BCUT2D eigenvalue weighted by atomic mass is 10.1. The molecule has 0 aliphatic carbocycles. The third-order valence-electron chi connectivity index (χ3n) is 2.33. The van der Waals surface area contributed by atoms with Gasteiger partial charge in [-0.3, -0.25) is 10.1 Å². The fourth-order valence-electron chi connectivity index (χ4n) is 1.50. The average molecular weight is 251 g/mol. The average Bonchev–Trinajstić information content (AvgIpc) is 2.40. The van der Waals surface area contributed by atoms with E-state index < -0.39 is 18.0 Å². The van der Waals surface area contributed by atoms with E-state index in [-0.39, 0.29) is 6.54 Å². The van der Waals surface area contributed by atoms with Crippen molar-refractivity contribution in [3.05, 3.63) is 35.9 Å². The normalized spacial score (nSPS) is 11.7. The molecule has 1 N–H and O–H groups in total. The molecule has 5 nitrogen and oxygen atoms in total. The fraction of sp³-hybridized carbons (Fsp3) is 0.385. The summed E-state index contributed by atoms with van der Waals surface area (Å²) in [5, 5.41) is 2.82. The zero-order chi connectivity index (χ0) is 13.4. The molecule has 1 unspecified atom stereocenters. The molecule has 1 rings (SSSR count). The van der Waals surface area contributed by atoms with Gasteiger partial charge in [0, 0.05) is 0 Å². The molecule has 0 bridgehead atoms. The predicted molar refractivity (Wildman–Crippen MR) is 65.8 cm³/mol. The Morgan fingerprint density at radius 1 is 1.28 bits per heavy atom. The van der Waals surface area contributed by atoms with Crippen molar-refractivity contribution in [2.45, 2.75) is 13.0 Å². The summed E-state index contributed by atoms with van der Waals surface area (Å²) < 4.78 is 9.49. The number of hydrogen-bond acceptors (Lipinski definition) is 5. The van der Waals surface area contributed by atoms with Gasteiger partial charge in [0.05, 0.1) is 20.3 Å². The van der Waals surface area contributed by atoms with Gasteiger partial charge < -0.3 is 9.47 Å². The van der Waals surface area contributed by atoms with Gasteiger partial charge in [0.1, 0.15) is 6.04 Å².